The maximum atomic E-state index is 14.3. The maximum absolute atomic E-state index is 14.3. The number of likely N-dealkylation sites (tertiary alicyclic amines) is 1. The first kappa shape index (κ1) is 33.1. The molecule has 0 amide bonds. The van der Waals surface area contributed by atoms with Crippen LogP contribution in [-0.4, -0.2) is 48.9 Å². The molecule has 0 N–H and O–H groups in total. The molecule has 3 aromatic rings. The smallest absolute Gasteiger partial charge is 0.311 e. The van der Waals surface area contributed by atoms with E-state index in [9.17, 15) is 14.4 Å². The van der Waals surface area contributed by atoms with Gasteiger partial charge < -0.3 is 14.2 Å². The molecule has 0 unspecified atom stereocenters. The number of nitrogens with zero attached hydrogens (tertiary/aromatic N) is 1. The molecule has 0 atom stereocenters. The Hall–Kier alpha value is -4.23. The fraction of sp³-hybridized carbons (Fsp3) is 0.410. The van der Waals surface area contributed by atoms with E-state index in [0.29, 0.717) is 54.9 Å². The van der Waals surface area contributed by atoms with Crippen LogP contribution in [0.4, 0.5) is 0 Å². The highest BCUT2D eigenvalue weighted by Gasteiger charge is 2.27. The summed E-state index contributed by atoms with van der Waals surface area (Å²) in [6, 6.07) is 20.3. The number of unbranched alkanes of at least 4 members (excludes halogenated alkanes) is 2. The SMILES string of the molecule is CCCCC(=O)Oc1cccc(C2=C(C(=O)c3ccc(OCCN4CCCC4)cc3)c3ccc(OC(=O)CCCC)cc3CC2)c1. The Morgan fingerprint density at radius 3 is 2.07 bits per heavy atom. The van der Waals surface area contributed by atoms with Gasteiger partial charge in [0.2, 0.25) is 0 Å². The van der Waals surface area contributed by atoms with Crippen LogP contribution in [0, 0.1) is 0 Å². The zero-order valence-electron chi connectivity index (χ0n) is 27.1. The Bertz CT molecular complexity index is 1550. The number of Topliss-reactive ketones (excluding diaryl/α,β-unsaturated/α-hetero) is 1. The molecule has 242 valence electrons. The van der Waals surface area contributed by atoms with Crippen LogP contribution in [0.2, 0.25) is 0 Å². The van der Waals surface area contributed by atoms with E-state index in [1.54, 1.807) is 12.1 Å². The van der Waals surface area contributed by atoms with Gasteiger partial charge in [0, 0.05) is 30.5 Å². The molecule has 1 heterocycles. The molecule has 0 radical (unpaired) electrons. The van der Waals surface area contributed by atoms with Gasteiger partial charge >= 0.3 is 11.9 Å². The van der Waals surface area contributed by atoms with Crippen LogP contribution in [0.15, 0.2) is 66.7 Å². The summed E-state index contributed by atoms with van der Waals surface area (Å²) in [7, 11) is 0. The number of ether oxygens (including phenoxy) is 3. The van der Waals surface area contributed by atoms with Crippen molar-refractivity contribution in [3.05, 3.63) is 89.0 Å². The number of hydrogen-bond donors (Lipinski definition) is 0. The van der Waals surface area contributed by atoms with Crippen molar-refractivity contribution in [3.63, 3.8) is 0 Å². The molecule has 7 heteroatoms. The number of benzene rings is 3. The summed E-state index contributed by atoms with van der Waals surface area (Å²) in [5.41, 5.74) is 4.66. The summed E-state index contributed by atoms with van der Waals surface area (Å²) in [5, 5.41) is 0. The molecule has 0 saturated carbocycles. The highest BCUT2D eigenvalue weighted by molar-refractivity contribution is 6.35. The zero-order valence-corrected chi connectivity index (χ0v) is 27.1. The summed E-state index contributed by atoms with van der Waals surface area (Å²) in [6.07, 6.45) is 7.90. The van der Waals surface area contributed by atoms with E-state index in [4.69, 9.17) is 14.2 Å². The van der Waals surface area contributed by atoms with Gasteiger partial charge in [-0.15, -0.1) is 0 Å². The Morgan fingerprint density at radius 1 is 0.739 bits per heavy atom. The highest BCUT2D eigenvalue weighted by Crippen LogP contribution is 2.41. The van der Waals surface area contributed by atoms with E-state index in [-0.39, 0.29) is 17.7 Å². The fourth-order valence-corrected chi connectivity index (χ4v) is 6.08. The average Bonchev–Trinajstić information content (AvgIpc) is 3.59. The first-order valence-corrected chi connectivity index (χ1v) is 16.8. The lowest BCUT2D eigenvalue weighted by molar-refractivity contribution is -0.135. The van der Waals surface area contributed by atoms with Crippen molar-refractivity contribution >= 4 is 28.9 Å². The van der Waals surface area contributed by atoms with Crippen LogP contribution < -0.4 is 14.2 Å². The molecule has 0 aromatic heterocycles. The minimum atomic E-state index is -0.262. The summed E-state index contributed by atoms with van der Waals surface area (Å²) in [6.45, 7) is 7.84. The molecule has 3 aromatic carbocycles. The summed E-state index contributed by atoms with van der Waals surface area (Å²) in [5.74, 6) is 1.08. The summed E-state index contributed by atoms with van der Waals surface area (Å²) < 4.78 is 17.3. The van der Waals surface area contributed by atoms with Gasteiger partial charge in [0.05, 0.1) is 0 Å². The summed E-state index contributed by atoms with van der Waals surface area (Å²) >= 11 is 0. The number of rotatable bonds is 15. The third kappa shape index (κ3) is 8.73. The quantitative estimate of drug-likeness (QED) is 0.0961. The van der Waals surface area contributed by atoms with E-state index in [1.807, 2.05) is 68.4 Å². The van der Waals surface area contributed by atoms with E-state index in [0.717, 1.165) is 73.3 Å². The molecular formula is C39H45NO6. The van der Waals surface area contributed by atoms with Gasteiger partial charge in [-0.2, -0.15) is 0 Å². The Labute approximate surface area is 272 Å². The molecule has 0 spiro atoms. The van der Waals surface area contributed by atoms with Crippen molar-refractivity contribution in [3.8, 4) is 17.2 Å². The van der Waals surface area contributed by atoms with Crippen LogP contribution in [0.1, 0.15) is 98.7 Å². The van der Waals surface area contributed by atoms with Gasteiger partial charge in [-0.25, -0.2) is 0 Å². The third-order valence-corrected chi connectivity index (χ3v) is 8.63. The molecule has 1 fully saturated rings. The van der Waals surface area contributed by atoms with Crippen LogP contribution >= 0.6 is 0 Å². The molecule has 2 aliphatic rings. The Kier molecular flexibility index (Phi) is 11.8. The van der Waals surface area contributed by atoms with Crippen LogP contribution in [0.3, 0.4) is 0 Å². The van der Waals surface area contributed by atoms with Crippen molar-refractivity contribution in [2.75, 3.05) is 26.2 Å². The largest absolute Gasteiger partial charge is 0.492 e. The van der Waals surface area contributed by atoms with Crippen molar-refractivity contribution in [1.29, 1.82) is 0 Å². The van der Waals surface area contributed by atoms with E-state index >= 15 is 0 Å². The normalized spacial score (nSPS) is 14.6. The van der Waals surface area contributed by atoms with Gasteiger partial charge in [-0.3, -0.25) is 19.3 Å². The van der Waals surface area contributed by atoms with E-state index in [2.05, 4.69) is 4.90 Å². The highest BCUT2D eigenvalue weighted by atomic mass is 16.5. The number of carbonyl (C=O) groups is 3. The standard InChI is InChI=1S/C39H45NO6/c1-3-5-12-36(41)45-32-11-9-10-29(26-32)34-20-16-30-27-33(46-37(42)13-6-4-2)19-21-35(30)38(34)39(43)28-14-17-31(18-15-28)44-25-24-40-22-7-8-23-40/h9-11,14-15,17-19,21,26-27H,3-8,12-13,16,20,22-25H2,1-2H3. The van der Waals surface area contributed by atoms with Crippen LogP contribution in [0.5, 0.6) is 17.2 Å². The molecule has 7 nitrogen and oxygen atoms in total. The Morgan fingerprint density at radius 2 is 1.39 bits per heavy atom. The van der Waals surface area contributed by atoms with Crippen molar-refractivity contribution in [1.82, 2.24) is 4.90 Å². The van der Waals surface area contributed by atoms with Crippen molar-refractivity contribution in [2.45, 2.75) is 78.1 Å². The predicted octanol–water partition coefficient (Wildman–Crippen LogP) is 8.09. The van der Waals surface area contributed by atoms with Crippen molar-refractivity contribution < 1.29 is 28.6 Å². The van der Waals surface area contributed by atoms with Gasteiger partial charge in [0.25, 0.3) is 0 Å². The van der Waals surface area contributed by atoms with Crippen LogP contribution in [0.25, 0.3) is 11.1 Å². The molecule has 1 saturated heterocycles. The second-order valence-corrected chi connectivity index (χ2v) is 12.1. The third-order valence-electron chi connectivity index (χ3n) is 8.63. The molecular weight excluding hydrogens is 578 g/mol. The van der Waals surface area contributed by atoms with Gasteiger partial charge in [0.1, 0.15) is 23.9 Å². The van der Waals surface area contributed by atoms with Crippen molar-refractivity contribution in [2.24, 2.45) is 0 Å². The number of carbonyl (C=O) groups excluding carboxylic acids is 3. The first-order chi connectivity index (χ1) is 22.4. The fourth-order valence-electron chi connectivity index (χ4n) is 6.08. The number of allylic oxidation sites excluding steroid dienone is 2. The number of ketones is 1. The van der Waals surface area contributed by atoms with Crippen LogP contribution in [-0.2, 0) is 16.0 Å². The topological polar surface area (TPSA) is 82.1 Å². The number of hydrogen-bond acceptors (Lipinski definition) is 7. The zero-order chi connectivity index (χ0) is 32.3. The predicted molar refractivity (Wildman–Crippen MR) is 180 cm³/mol. The number of aryl methyl sites for hydroxylation is 1. The van der Waals surface area contributed by atoms with E-state index in [1.165, 1.54) is 12.8 Å². The second-order valence-electron chi connectivity index (χ2n) is 12.1. The molecule has 0 bridgehead atoms. The first-order valence-electron chi connectivity index (χ1n) is 16.8. The minimum absolute atomic E-state index is 0.0994. The lowest BCUT2D eigenvalue weighted by Gasteiger charge is -2.24. The molecule has 1 aliphatic carbocycles. The second kappa shape index (κ2) is 16.4. The van der Waals surface area contributed by atoms with E-state index < -0.39 is 0 Å². The Balaban J connectivity index is 1.43. The minimum Gasteiger partial charge on any atom is -0.492 e. The number of fused-ring (bicyclic) bond motifs is 1. The maximum Gasteiger partial charge on any atom is 0.311 e. The van der Waals surface area contributed by atoms with Gasteiger partial charge in [0.15, 0.2) is 5.78 Å². The lowest BCUT2D eigenvalue weighted by atomic mass is 9.79. The van der Waals surface area contributed by atoms with Gasteiger partial charge in [-0.05, 0) is 122 Å². The lowest BCUT2D eigenvalue weighted by Crippen LogP contribution is -2.25. The number of esters is 2. The summed E-state index contributed by atoms with van der Waals surface area (Å²) in [4.78, 5) is 41.4. The van der Waals surface area contributed by atoms with Gasteiger partial charge in [-0.1, -0.05) is 44.9 Å². The molecule has 5 rings (SSSR count). The average molecular weight is 624 g/mol. The molecule has 46 heavy (non-hydrogen) atoms. The molecule has 1 aliphatic heterocycles. The monoisotopic (exact) mass is 623 g/mol.